The van der Waals surface area contributed by atoms with Crippen LogP contribution in [0.5, 0.6) is 0 Å². The lowest BCUT2D eigenvalue weighted by atomic mass is 9.85. The average Bonchev–Trinajstić information content (AvgIpc) is 3.13. The molecule has 0 spiro atoms. The number of hydrogen-bond donors (Lipinski definition) is 0. The van der Waals surface area contributed by atoms with Gasteiger partial charge in [0.15, 0.2) is 17.4 Å². The molecule has 3 aliphatic heterocycles. The highest BCUT2D eigenvalue weighted by Gasteiger charge is 2.51. The molecule has 2 aromatic rings. The van der Waals surface area contributed by atoms with Crippen molar-refractivity contribution in [3.8, 4) is 0 Å². The molecular formula is C28H24F2N2O7S. The van der Waals surface area contributed by atoms with Gasteiger partial charge in [-0.2, -0.15) is 0 Å². The number of rotatable bonds is 4. The van der Waals surface area contributed by atoms with E-state index < -0.39 is 54.5 Å². The average molecular weight is 571 g/mol. The molecule has 0 radical (unpaired) electrons. The lowest BCUT2D eigenvalue weighted by Crippen LogP contribution is -2.66. The Kier molecular flexibility index (Phi) is 7.07. The highest BCUT2D eigenvalue weighted by atomic mass is 32.2. The Hall–Kier alpha value is -3.74. The second-order valence-corrected chi connectivity index (χ2v) is 10.4. The van der Waals surface area contributed by atoms with Gasteiger partial charge in [0, 0.05) is 22.8 Å². The molecule has 1 unspecified atom stereocenters. The van der Waals surface area contributed by atoms with Gasteiger partial charge in [-0.05, 0) is 29.3 Å². The number of ether oxygens (including phenoxy) is 4. The molecule has 3 atom stereocenters. The molecule has 2 saturated heterocycles. The maximum Gasteiger partial charge on any atom is 0.510 e. The van der Waals surface area contributed by atoms with Crippen LogP contribution in [0, 0.1) is 11.6 Å². The summed E-state index contributed by atoms with van der Waals surface area (Å²) in [6, 6.07) is 8.87. The molecule has 0 N–H and O–H groups in total. The molecule has 2 fully saturated rings. The van der Waals surface area contributed by atoms with Gasteiger partial charge >= 0.3 is 6.16 Å². The zero-order chi connectivity index (χ0) is 28.0. The molecule has 3 heterocycles. The van der Waals surface area contributed by atoms with Gasteiger partial charge in [-0.25, -0.2) is 13.6 Å². The molecule has 1 amide bonds. The first-order chi connectivity index (χ1) is 19.4. The van der Waals surface area contributed by atoms with Crippen LogP contribution in [0.1, 0.15) is 22.7 Å². The molecule has 40 heavy (non-hydrogen) atoms. The zero-order valence-electron chi connectivity index (χ0n) is 21.3. The zero-order valence-corrected chi connectivity index (χ0v) is 22.1. The van der Waals surface area contributed by atoms with Gasteiger partial charge in [-0.15, -0.1) is 11.8 Å². The maximum atomic E-state index is 15.3. The number of ketones is 1. The van der Waals surface area contributed by atoms with E-state index in [0.29, 0.717) is 5.56 Å². The van der Waals surface area contributed by atoms with Crippen LogP contribution in [0.25, 0.3) is 0 Å². The number of carbonyl (C=O) groups excluding carboxylic acids is 3. The van der Waals surface area contributed by atoms with Crippen LogP contribution in [0.4, 0.5) is 13.6 Å². The monoisotopic (exact) mass is 570 g/mol. The van der Waals surface area contributed by atoms with Crippen molar-refractivity contribution in [2.75, 3.05) is 33.7 Å². The summed E-state index contributed by atoms with van der Waals surface area (Å²) in [7, 11) is 1.13. The Labute approximate surface area is 232 Å². The Bertz CT molecular complexity index is 1460. The number of hydrogen-bond acceptors (Lipinski definition) is 9. The first-order valence-corrected chi connectivity index (χ1v) is 13.5. The minimum absolute atomic E-state index is 0.0673. The third-order valence-electron chi connectivity index (χ3n) is 7.41. The molecule has 0 aromatic heterocycles. The van der Waals surface area contributed by atoms with Crippen LogP contribution in [-0.2, 0) is 34.3 Å². The Morgan fingerprint density at radius 1 is 1.15 bits per heavy atom. The van der Waals surface area contributed by atoms with E-state index in [4.69, 9.17) is 14.2 Å². The van der Waals surface area contributed by atoms with Crippen LogP contribution in [0.3, 0.4) is 0 Å². The molecule has 1 aliphatic carbocycles. The first-order valence-electron chi connectivity index (χ1n) is 12.6. The van der Waals surface area contributed by atoms with E-state index in [-0.39, 0.29) is 42.4 Å². The number of benzene rings is 2. The molecule has 12 heteroatoms. The molecular weight excluding hydrogens is 546 g/mol. The Morgan fingerprint density at radius 3 is 2.80 bits per heavy atom. The van der Waals surface area contributed by atoms with Gasteiger partial charge in [0.05, 0.1) is 38.0 Å². The van der Waals surface area contributed by atoms with Gasteiger partial charge in [0.25, 0.3) is 5.91 Å². The van der Waals surface area contributed by atoms with Crippen molar-refractivity contribution in [1.82, 2.24) is 9.80 Å². The number of thioether (sulfide) groups is 1. The highest BCUT2D eigenvalue weighted by Crippen LogP contribution is 2.48. The molecule has 6 rings (SSSR count). The van der Waals surface area contributed by atoms with E-state index in [9.17, 15) is 18.8 Å². The third-order valence-corrected chi connectivity index (χ3v) is 8.53. The molecule has 208 valence electrons. The number of halogens is 2. The van der Waals surface area contributed by atoms with E-state index >= 15 is 4.39 Å². The second-order valence-electron chi connectivity index (χ2n) is 9.43. The molecule has 4 aliphatic rings. The predicted octanol–water partition coefficient (Wildman–Crippen LogP) is 3.68. The van der Waals surface area contributed by atoms with Gasteiger partial charge in [-0.1, -0.05) is 30.3 Å². The normalized spacial score (nSPS) is 24.0. The van der Waals surface area contributed by atoms with Crippen molar-refractivity contribution in [3.63, 3.8) is 0 Å². The summed E-state index contributed by atoms with van der Waals surface area (Å²) in [6.45, 7) is 0.0540. The lowest BCUT2D eigenvalue weighted by Gasteiger charge is -2.53. The van der Waals surface area contributed by atoms with Gasteiger partial charge in [0.2, 0.25) is 12.6 Å². The van der Waals surface area contributed by atoms with E-state index in [2.05, 4.69) is 4.74 Å². The summed E-state index contributed by atoms with van der Waals surface area (Å²) < 4.78 is 50.3. The SMILES string of the molecule is COC(=O)OCOC1=C2C(=O)N3CCOC[C@H]3N([C@@H]3c4ccccc4SCc4c3ccc(F)c4F)C2C=CC1=O. The smallest absolute Gasteiger partial charge is 0.453 e. The van der Waals surface area contributed by atoms with Crippen LogP contribution in [0.15, 0.2) is 64.8 Å². The fourth-order valence-corrected chi connectivity index (χ4v) is 6.78. The van der Waals surface area contributed by atoms with Crippen molar-refractivity contribution in [1.29, 1.82) is 0 Å². The van der Waals surface area contributed by atoms with Crippen molar-refractivity contribution >= 4 is 29.6 Å². The van der Waals surface area contributed by atoms with Crippen LogP contribution in [-0.4, -0.2) is 73.5 Å². The fraction of sp³-hybridized carbons (Fsp3) is 0.321. The van der Waals surface area contributed by atoms with Crippen molar-refractivity contribution < 1.29 is 42.1 Å². The minimum Gasteiger partial charge on any atom is -0.453 e. The first kappa shape index (κ1) is 26.5. The standard InChI is InChI=1S/C28H24F2N2O7S/c1-36-28(35)39-14-38-26-20(33)9-8-19-23(26)27(34)31-10-11-37-12-22(31)32(19)25-15-6-7-18(29)24(30)17(15)13-40-21-5-3-2-4-16(21)25/h2-9,19,22,25H,10-14H2,1H3/t19?,22-,25+/m1/s1. The molecule has 9 nitrogen and oxygen atoms in total. The number of nitrogens with zero attached hydrogens (tertiary/aromatic N) is 2. The molecule has 0 saturated carbocycles. The number of morpholine rings is 1. The number of allylic oxidation sites excluding steroid dienone is 1. The lowest BCUT2D eigenvalue weighted by molar-refractivity contribution is -0.158. The number of carbonyl (C=O) groups is 3. The van der Waals surface area contributed by atoms with Crippen molar-refractivity contribution in [2.45, 2.75) is 28.9 Å². The van der Waals surface area contributed by atoms with Crippen LogP contribution < -0.4 is 0 Å². The van der Waals surface area contributed by atoms with Gasteiger partial charge in [-0.3, -0.25) is 14.5 Å². The van der Waals surface area contributed by atoms with Crippen molar-refractivity contribution in [2.24, 2.45) is 0 Å². The van der Waals surface area contributed by atoms with Crippen LogP contribution in [0.2, 0.25) is 0 Å². The molecule has 2 aromatic carbocycles. The summed E-state index contributed by atoms with van der Waals surface area (Å²) in [5.74, 6) is -2.87. The fourth-order valence-electron chi connectivity index (χ4n) is 5.67. The minimum atomic E-state index is -1.01. The van der Waals surface area contributed by atoms with E-state index in [1.54, 1.807) is 17.0 Å². The van der Waals surface area contributed by atoms with Gasteiger partial charge in [0.1, 0.15) is 6.17 Å². The number of amides is 1. The highest BCUT2D eigenvalue weighted by molar-refractivity contribution is 7.98. The predicted molar refractivity (Wildman–Crippen MR) is 137 cm³/mol. The summed E-state index contributed by atoms with van der Waals surface area (Å²) in [5.41, 5.74) is 1.70. The summed E-state index contributed by atoms with van der Waals surface area (Å²) in [4.78, 5) is 42.8. The van der Waals surface area contributed by atoms with Gasteiger partial charge < -0.3 is 23.8 Å². The van der Waals surface area contributed by atoms with Crippen molar-refractivity contribution in [3.05, 3.63) is 88.2 Å². The molecule has 0 bridgehead atoms. The van der Waals surface area contributed by atoms with Crippen LogP contribution >= 0.6 is 11.8 Å². The summed E-state index contributed by atoms with van der Waals surface area (Å²) in [5, 5.41) is 0. The maximum absolute atomic E-state index is 15.3. The topological polar surface area (TPSA) is 94.6 Å². The van der Waals surface area contributed by atoms with E-state index in [0.717, 1.165) is 23.6 Å². The third kappa shape index (κ3) is 4.36. The largest absolute Gasteiger partial charge is 0.510 e. The number of fused-ring (bicyclic) bond motifs is 4. The summed E-state index contributed by atoms with van der Waals surface area (Å²) in [6.07, 6.45) is 1.31. The summed E-state index contributed by atoms with van der Waals surface area (Å²) >= 11 is 1.40. The second kappa shape index (κ2) is 10.7. The number of methoxy groups -OCH3 is 1. The Morgan fingerprint density at radius 2 is 1.98 bits per heavy atom. The Balaban J connectivity index is 1.53. The van der Waals surface area contributed by atoms with E-state index in [1.807, 2.05) is 29.2 Å². The van der Waals surface area contributed by atoms with E-state index in [1.165, 1.54) is 17.8 Å². The quantitative estimate of drug-likeness (QED) is 0.403.